The van der Waals surface area contributed by atoms with E-state index in [-0.39, 0.29) is 34.0 Å². The first-order valence-electron chi connectivity index (χ1n) is 11.3. The maximum Gasteiger partial charge on any atom is 0.255 e. The molecule has 4 N–H and O–H groups in total. The van der Waals surface area contributed by atoms with Crippen molar-refractivity contribution in [1.82, 2.24) is 0 Å². The highest BCUT2D eigenvalue weighted by Gasteiger charge is 2.59. The van der Waals surface area contributed by atoms with Crippen molar-refractivity contribution in [2.45, 2.75) is 60.6 Å². The summed E-state index contributed by atoms with van der Waals surface area (Å²) >= 11 is 6.19. The first-order valence-corrected chi connectivity index (χ1v) is 13.3. The number of nitrogens with one attached hydrogen (secondary N) is 1. The minimum atomic E-state index is -4.10. The average Bonchev–Trinajstić information content (AvgIpc) is 2.98. The minimum absolute atomic E-state index is 0.0278. The molecule has 2 unspecified atom stereocenters. The number of halogens is 4. The fourth-order valence-electron chi connectivity index (χ4n) is 5.54. The van der Waals surface area contributed by atoms with Crippen LogP contribution in [0.25, 0.3) is 0 Å². The van der Waals surface area contributed by atoms with E-state index in [1.807, 2.05) is 0 Å². The van der Waals surface area contributed by atoms with Crippen LogP contribution in [0.5, 0.6) is 0 Å². The third kappa shape index (κ3) is 4.51. The molecule has 4 rings (SSSR count). The van der Waals surface area contributed by atoms with E-state index in [1.165, 1.54) is 19.1 Å². The Labute approximate surface area is 210 Å². The average molecular weight is 548 g/mol. The molecule has 36 heavy (non-hydrogen) atoms. The van der Waals surface area contributed by atoms with E-state index in [9.17, 15) is 41.7 Å². The number of rotatable bonds is 6. The molecule has 1 amide bonds. The van der Waals surface area contributed by atoms with Gasteiger partial charge in [-0.05, 0) is 62.6 Å². The zero-order valence-electron chi connectivity index (χ0n) is 19.1. The van der Waals surface area contributed by atoms with Gasteiger partial charge in [-0.15, -0.1) is 0 Å². The predicted molar refractivity (Wildman–Crippen MR) is 125 cm³/mol. The van der Waals surface area contributed by atoms with Gasteiger partial charge in [-0.3, -0.25) is 4.79 Å². The summed E-state index contributed by atoms with van der Waals surface area (Å²) in [6.45, 7) is 1.36. The van der Waals surface area contributed by atoms with Crippen LogP contribution in [0.15, 0.2) is 35.2 Å². The van der Waals surface area contributed by atoms with Gasteiger partial charge in [0.1, 0.15) is 6.10 Å². The number of aliphatic hydroxyl groups excluding tert-OH is 2. The van der Waals surface area contributed by atoms with Crippen molar-refractivity contribution in [3.05, 3.63) is 58.4 Å². The Morgan fingerprint density at radius 3 is 2.17 bits per heavy atom. The molecule has 196 valence electrons. The summed E-state index contributed by atoms with van der Waals surface area (Å²) in [6.07, 6.45) is -1.59. The first-order chi connectivity index (χ1) is 16.8. The Morgan fingerprint density at radius 1 is 1.08 bits per heavy atom. The van der Waals surface area contributed by atoms with E-state index in [4.69, 9.17) is 11.6 Å². The monoisotopic (exact) mass is 547 g/mol. The van der Waals surface area contributed by atoms with Crippen molar-refractivity contribution in [1.29, 1.82) is 0 Å². The molecule has 2 aromatic rings. The molecule has 0 radical (unpaired) electrons. The van der Waals surface area contributed by atoms with E-state index in [0.717, 1.165) is 6.07 Å². The van der Waals surface area contributed by atoms with Crippen LogP contribution in [0, 0.1) is 29.3 Å². The Kier molecular flexibility index (Phi) is 7.17. The van der Waals surface area contributed by atoms with Crippen LogP contribution in [0.4, 0.5) is 18.9 Å². The molecule has 0 saturated heterocycles. The van der Waals surface area contributed by atoms with Gasteiger partial charge in [0.15, 0.2) is 27.3 Å². The number of benzene rings is 2. The molecule has 0 heterocycles. The standard InChI is InChI=1S/C24H25ClF3NO6S/c1-11(30)22(31)24(33)13-3-4-14(24)8-16(7-13)36(34,35)20-6-12(2-5-17(20)25)23(32)29-15-9-18(26)21(28)19(27)10-15/h2,5-6,9-11,13-14,16,22,30-31,33H,3-4,7-8H2,1H3,(H,29,32)/t11-,13?,14?,16-,22-,24-/m0/s1. The van der Waals surface area contributed by atoms with E-state index in [0.29, 0.717) is 25.0 Å². The zero-order chi connectivity index (χ0) is 26.6. The highest BCUT2D eigenvalue weighted by molar-refractivity contribution is 7.92. The fraction of sp³-hybridized carbons (Fsp3) is 0.458. The van der Waals surface area contributed by atoms with Crippen molar-refractivity contribution in [3.8, 4) is 0 Å². The Hall–Kier alpha value is -2.18. The lowest BCUT2D eigenvalue weighted by Gasteiger charge is -2.46. The number of anilines is 1. The summed E-state index contributed by atoms with van der Waals surface area (Å²) < 4.78 is 67.2. The fourth-order valence-corrected chi connectivity index (χ4v) is 7.94. The molecular weight excluding hydrogens is 523 g/mol. The second-order valence-corrected chi connectivity index (χ2v) is 12.1. The predicted octanol–water partition coefficient (Wildman–Crippen LogP) is 3.44. The largest absolute Gasteiger partial charge is 0.391 e. The SMILES string of the molecule is C[C@H](O)[C@H](O)[C@]1(O)C2CCC1C[C@@H](S(=O)(=O)c1cc(C(=O)Nc3cc(F)c(F)c(F)c3)ccc1Cl)C2. The summed E-state index contributed by atoms with van der Waals surface area (Å²) in [7, 11) is -4.10. The van der Waals surface area contributed by atoms with E-state index < -0.39 is 68.1 Å². The second kappa shape index (κ2) is 9.60. The summed E-state index contributed by atoms with van der Waals surface area (Å²) in [5.74, 6) is -6.72. The molecule has 0 aromatic heterocycles. The van der Waals surface area contributed by atoms with Crippen molar-refractivity contribution < 1.29 is 41.7 Å². The number of sulfone groups is 1. The van der Waals surface area contributed by atoms with E-state index in [1.54, 1.807) is 0 Å². The lowest BCUT2D eigenvalue weighted by atomic mass is 9.70. The van der Waals surface area contributed by atoms with E-state index >= 15 is 0 Å². The van der Waals surface area contributed by atoms with Crippen molar-refractivity contribution >= 4 is 33.0 Å². The number of aliphatic hydroxyl groups is 3. The van der Waals surface area contributed by atoms with Gasteiger partial charge in [-0.2, -0.15) is 0 Å². The van der Waals surface area contributed by atoms with Crippen LogP contribution in [0.2, 0.25) is 5.02 Å². The van der Waals surface area contributed by atoms with Gasteiger partial charge in [-0.25, -0.2) is 21.6 Å². The lowest BCUT2D eigenvalue weighted by Crippen LogP contribution is -2.58. The maximum absolute atomic E-state index is 13.6. The summed E-state index contributed by atoms with van der Waals surface area (Å²) in [5, 5.41) is 32.5. The van der Waals surface area contributed by atoms with Crippen LogP contribution in [-0.4, -0.2) is 52.7 Å². The van der Waals surface area contributed by atoms with Crippen LogP contribution in [-0.2, 0) is 9.84 Å². The van der Waals surface area contributed by atoms with Crippen LogP contribution >= 0.6 is 11.6 Å². The minimum Gasteiger partial charge on any atom is -0.391 e. The molecule has 2 aromatic carbocycles. The highest BCUT2D eigenvalue weighted by atomic mass is 35.5. The molecular formula is C24H25ClF3NO6S. The molecule has 12 heteroatoms. The number of hydrogen-bond donors (Lipinski definition) is 4. The topological polar surface area (TPSA) is 124 Å². The lowest BCUT2D eigenvalue weighted by molar-refractivity contribution is -0.172. The normalized spacial score (nSPS) is 27.5. The molecule has 2 aliphatic carbocycles. The van der Waals surface area contributed by atoms with Gasteiger partial charge in [0.05, 0.1) is 26.9 Å². The molecule has 2 bridgehead atoms. The van der Waals surface area contributed by atoms with Gasteiger partial charge in [0, 0.05) is 23.4 Å². The summed E-state index contributed by atoms with van der Waals surface area (Å²) in [6, 6.07) is 4.67. The molecule has 2 fully saturated rings. The van der Waals surface area contributed by atoms with E-state index in [2.05, 4.69) is 5.32 Å². The molecule has 2 aliphatic rings. The van der Waals surface area contributed by atoms with Crippen LogP contribution < -0.4 is 5.32 Å². The molecule has 0 aliphatic heterocycles. The quantitative estimate of drug-likeness (QED) is 0.411. The second-order valence-electron chi connectivity index (χ2n) is 9.54. The number of hydrogen-bond acceptors (Lipinski definition) is 6. The first kappa shape index (κ1) is 26.9. The number of fused-ring (bicyclic) bond motifs is 2. The third-order valence-electron chi connectivity index (χ3n) is 7.38. The molecule has 4 atom stereocenters. The van der Waals surface area contributed by atoms with Crippen molar-refractivity contribution in [2.75, 3.05) is 5.32 Å². The highest BCUT2D eigenvalue weighted by Crippen LogP contribution is 2.54. The van der Waals surface area contributed by atoms with Crippen LogP contribution in [0.1, 0.15) is 43.0 Å². The molecule has 7 nitrogen and oxygen atoms in total. The molecule has 0 spiro atoms. The Morgan fingerprint density at radius 2 is 1.64 bits per heavy atom. The zero-order valence-corrected chi connectivity index (χ0v) is 20.7. The maximum atomic E-state index is 13.6. The summed E-state index contributed by atoms with van der Waals surface area (Å²) in [5.41, 5.74) is -2.13. The van der Waals surface area contributed by atoms with Crippen molar-refractivity contribution in [2.24, 2.45) is 11.8 Å². The molecule has 2 saturated carbocycles. The Bertz CT molecular complexity index is 1270. The van der Waals surface area contributed by atoms with Gasteiger partial charge in [-0.1, -0.05) is 11.6 Å². The van der Waals surface area contributed by atoms with Crippen molar-refractivity contribution in [3.63, 3.8) is 0 Å². The van der Waals surface area contributed by atoms with Gasteiger partial charge in [0.2, 0.25) is 0 Å². The van der Waals surface area contributed by atoms with Gasteiger partial charge < -0.3 is 20.6 Å². The third-order valence-corrected chi connectivity index (χ3v) is 10.0. The summed E-state index contributed by atoms with van der Waals surface area (Å²) in [4.78, 5) is 12.3. The number of amides is 1. The number of carbonyl (C=O) groups excluding carboxylic acids is 1. The van der Waals surface area contributed by atoms with Crippen LogP contribution in [0.3, 0.4) is 0 Å². The number of carbonyl (C=O) groups is 1. The Balaban J connectivity index is 1.59. The smallest absolute Gasteiger partial charge is 0.255 e. The van der Waals surface area contributed by atoms with Gasteiger partial charge >= 0.3 is 0 Å². The van der Waals surface area contributed by atoms with Gasteiger partial charge in [0.25, 0.3) is 5.91 Å².